The molecule has 1 fully saturated rings. The van der Waals surface area contributed by atoms with E-state index >= 15 is 0 Å². The smallest absolute Gasteiger partial charge is 0.336 e. The summed E-state index contributed by atoms with van der Waals surface area (Å²) in [5.74, 6) is -2.91. The Morgan fingerprint density at radius 3 is 2.73 bits per heavy atom. The van der Waals surface area contributed by atoms with Crippen molar-refractivity contribution in [2.45, 2.75) is 45.6 Å². The molecule has 0 radical (unpaired) electrons. The molecular weight excluding hydrogens is 344 g/mol. The molecule has 1 aliphatic heterocycles. The molecule has 0 spiro atoms. The summed E-state index contributed by atoms with van der Waals surface area (Å²) >= 11 is 0. The topological polar surface area (TPSA) is 59.8 Å². The molecule has 1 aliphatic rings. The third kappa shape index (κ3) is 3.57. The number of amides is 1. The van der Waals surface area contributed by atoms with Gasteiger partial charge >= 0.3 is 5.63 Å². The minimum atomic E-state index is -2.84. The fourth-order valence-corrected chi connectivity index (χ4v) is 3.26. The van der Waals surface area contributed by atoms with Crippen molar-refractivity contribution in [2.24, 2.45) is 0 Å². The maximum Gasteiger partial charge on any atom is 0.336 e. The summed E-state index contributed by atoms with van der Waals surface area (Å²) in [6.07, 6.45) is -0.669. The Labute approximate surface area is 149 Å². The van der Waals surface area contributed by atoms with Crippen LogP contribution in [-0.2, 0) is 11.2 Å². The van der Waals surface area contributed by atoms with Crippen LogP contribution in [0.15, 0.2) is 27.4 Å². The molecule has 5 nitrogen and oxygen atoms in total. The van der Waals surface area contributed by atoms with Gasteiger partial charge in [-0.05, 0) is 43.5 Å². The van der Waals surface area contributed by atoms with Crippen LogP contribution >= 0.6 is 0 Å². The van der Waals surface area contributed by atoms with Crippen molar-refractivity contribution in [1.82, 2.24) is 4.90 Å². The second-order valence-electron chi connectivity index (χ2n) is 6.71. The molecule has 1 aromatic heterocycles. The van der Waals surface area contributed by atoms with Crippen molar-refractivity contribution >= 4 is 16.9 Å². The van der Waals surface area contributed by atoms with E-state index in [1.54, 1.807) is 12.1 Å². The highest BCUT2D eigenvalue weighted by molar-refractivity contribution is 5.88. The predicted octanol–water partition coefficient (Wildman–Crippen LogP) is 3.30. The van der Waals surface area contributed by atoms with E-state index in [4.69, 9.17) is 9.15 Å². The summed E-state index contributed by atoms with van der Waals surface area (Å²) < 4.78 is 37.8. The summed E-state index contributed by atoms with van der Waals surface area (Å²) in [5.41, 5.74) is 1.49. The maximum absolute atomic E-state index is 13.4. The summed E-state index contributed by atoms with van der Waals surface area (Å²) in [6, 6.07) is 4.89. The molecule has 0 N–H and O–H groups in total. The molecule has 0 bridgehead atoms. The summed E-state index contributed by atoms with van der Waals surface area (Å²) in [6.45, 7) is 4.70. The molecule has 26 heavy (non-hydrogen) atoms. The quantitative estimate of drug-likeness (QED) is 0.780. The van der Waals surface area contributed by atoms with Crippen LogP contribution in [0.3, 0.4) is 0 Å². The SMILES string of the molecule is CCc1cc(=O)oc2cc(C)cc(OC(C)C(=O)N3CCC(F)(F)C3)c12. The summed E-state index contributed by atoms with van der Waals surface area (Å²) in [7, 11) is 0. The molecule has 140 valence electrons. The fourth-order valence-electron chi connectivity index (χ4n) is 3.26. The number of aryl methyl sites for hydroxylation is 2. The minimum Gasteiger partial charge on any atom is -0.480 e. The minimum absolute atomic E-state index is 0.0170. The van der Waals surface area contributed by atoms with Crippen LogP contribution < -0.4 is 10.4 Å². The molecule has 0 saturated carbocycles. The van der Waals surface area contributed by atoms with E-state index in [-0.39, 0.29) is 13.0 Å². The third-order valence-corrected chi connectivity index (χ3v) is 4.55. The largest absolute Gasteiger partial charge is 0.480 e. The van der Waals surface area contributed by atoms with Gasteiger partial charge in [0.25, 0.3) is 11.8 Å². The number of benzene rings is 1. The molecule has 1 atom stereocenters. The Hall–Kier alpha value is -2.44. The van der Waals surface area contributed by atoms with E-state index in [0.29, 0.717) is 23.1 Å². The van der Waals surface area contributed by atoms with Crippen molar-refractivity contribution in [3.63, 3.8) is 0 Å². The molecule has 1 unspecified atom stereocenters. The Morgan fingerprint density at radius 1 is 1.38 bits per heavy atom. The van der Waals surface area contributed by atoms with Crippen molar-refractivity contribution in [3.8, 4) is 5.75 Å². The monoisotopic (exact) mass is 365 g/mol. The number of rotatable bonds is 4. The summed E-state index contributed by atoms with van der Waals surface area (Å²) in [4.78, 5) is 25.3. The Balaban J connectivity index is 1.93. The van der Waals surface area contributed by atoms with E-state index in [9.17, 15) is 18.4 Å². The van der Waals surface area contributed by atoms with E-state index in [1.807, 2.05) is 13.8 Å². The van der Waals surface area contributed by atoms with Gasteiger partial charge in [-0.2, -0.15) is 0 Å². The van der Waals surface area contributed by atoms with Crippen molar-refractivity contribution in [1.29, 1.82) is 0 Å². The molecular formula is C19H21F2NO4. The zero-order chi connectivity index (χ0) is 19.1. The Bertz CT molecular complexity index is 906. The number of ether oxygens (including phenoxy) is 1. The number of alkyl halides is 2. The first-order chi connectivity index (χ1) is 12.2. The number of carbonyl (C=O) groups excluding carboxylic acids is 1. The van der Waals surface area contributed by atoms with Crippen LogP contribution in [0.25, 0.3) is 11.0 Å². The maximum atomic E-state index is 13.4. The molecule has 2 heterocycles. The first-order valence-electron chi connectivity index (χ1n) is 8.61. The second kappa shape index (κ2) is 6.70. The average molecular weight is 365 g/mol. The van der Waals surface area contributed by atoms with E-state index in [0.717, 1.165) is 16.0 Å². The molecule has 7 heteroatoms. The van der Waals surface area contributed by atoms with Gasteiger partial charge in [0.2, 0.25) is 0 Å². The van der Waals surface area contributed by atoms with Crippen LogP contribution in [-0.4, -0.2) is 35.9 Å². The van der Waals surface area contributed by atoms with Crippen LogP contribution in [0.2, 0.25) is 0 Å². The number of hydrogen-bond donors (Lipinski definition) is 0. The molecule has 1 saturated heterocycles. The number of fused-ring (bicyclic) bond motifs is 1. The summed E-state index contributed by atoms with van der Waals surface area (Å²) in [5, 5.41) is 0.629. The number of likely N-dealkylation sites (tertiary alicyclic amines) is 1. The second-order valence-corrected chi connectivity index (χ2v) is 6.71. The number of halogens is 2. The lowest BCUT2D eigenvalue weighted by molar-refractivity contribution is -0.138. The fraction of sp³-hybridized carbons (Fsp3) is 0.474. The third-order valence-electron chi connectivity index (χ3n) is 4.55. The van der Waals surface area contributed by atoms with Gasteiger partial charge in [0, 0.05) is 19.0 Å². The molecule has 0 aliphatic carbocycles. The molecule has 1 amide bonds. The van der Waals surface area contributed by atoms with Gasteiger partial charge in [-0.1, -0.05) is 6.92 Å². The highest BCUT2D eigenvalue weighted by atomic mass is 19.3. The normalized spacial score (nSPS) is 17.5. The van der Waals surface area contributed by atoms with Crippen molar-refractivity contribution in [3.05, 3.63) is 39.7 Å². The molecule has 2 aromatic rings. The first-order valence-corrected chi connectivity index (χ1v) is 8.61. The lowest BCUT2D eigenvalue weighted by atomic mass is 10.0. The van der Waals surface area contributed by atoms with Crippen molar-refractivity contribution in [2.75, 3.05) is 13.1 Å². The van der Waals surface area contributed by atoms with Crippen LogP contribution in [0.1, 0.15) is 31.4 Å². The lowest BCUT2D eigenvalue weighted by Crippen LogP contribution is -2.40. The van der Waals surface area contributed by atoms with Crippen LogP contribution in [0, 0.1) is 6.92 Å². The number of nitrogens with zero attached hydrogens (tertiary/aromatic N) is 1. The first kappa shape index (κ1) is 18.4. The van der Waals surface area contributed by atoms with Gasteiger partial charge in [-0.25, -0.2) is 13.6 Å². The zero-order valence-electron chi connectivity index (χ0n) is 15.0. The molecule has 1 aromatic carbocycles. The molecule has 3 rings (SSSR count). The van der Waals surface area contributed by atoms with Gasteiger partial charge in [-0.15, -0.1) is 0 Å². The van der Waals surface area contributed by atoms with E-state index < -0.39 is 30.1 Å². The predicted molar refractivity (Wildman–Crippen MR) is 92.8 cm³/mol. The lowest BCUT2D eigenvalue weighted by Gasteiger charge is -2.22. The van der Waals surface area contributed by atoms with Gasteiger partial charge in [0.05, 0.1) is 11.9 Å². The van der Waals surface area contributed by atoms with E-state index in [1.165, 1.54) is 13.0 Å². The standard InChI is InChI=1S/C19H21F2NO4/c1-4-13-9-16(23)26-15-8-11(2)7-14(17(13)15)25-12(3)18(24)22-6-5-19(20,21)10-22/h7-9,12H,4-6,10H2,1-3H3. The highest BCUT2D eigenvalue weighted by Gasteiger charge is 2.41. The average Bonchev–Trinajstić information content (AvgIpc) is 2.92. The van der Waals surface area contributed by atoms with Gasteiger partial charge < -0.3 is 14.1 Å². The Kier molecular flexibility index (Phi) is 4.73. The number of hydrogen-bond acceptors (Lipinski definition) is 4. The van der Waals surface area contributed by atoms with Gasteiger partial charge in [-0.3, -0.25) is 4.79 Å². The highest BCUT2D eigenvalue weighted by Crippen LogP contribution is 2.32. The zero-order valence-corrected chi connectivity index (χ0v) is 15.0. The van der Waals surface area contributed by atoms with Crippen LogP contribution in [0.5, 0.6) is 5.75 Å². The van der Waals surface area contributed by atoms with E-state index in [2.05, 4.69) is 0 Å². The van der Waals surface area contributed by atoms with Crippen molar-refractivity contribution < 1.29 is 22.7 Å². The Morgan fingerprint density at radius 2 is 2.12 bits per heavy atom. The van der Waals surface area contributed by atoms with Crippen LogP contribution in [0.4, 0.5) is 8.78 Å². The van der Waals surface area contributed by atoms with Gasteiger partial charge in [0.1, 0.15) is 11.3 Å². The van der Waals surface area contributed by atoms with Gasteiger partial charge in [0.15, 0.2) is 6.10 Å². The number of carbonyl (C=O) groups is 1.